The Balaban J connectivity index is 1.42. The van der Waals surface area contributed by atoms with E-state index < -0.39 is 5.25 Å². The minimum absolute atomic E-state index is 0.162. The van der Waals surface area contributed by atoms with Crippen LogP contribution in [-0.2, 0) is 4.79 Å². The van der Waals surface area contributed by atoms with Crippen LogP contribution in [0.3, 0.4) is 0 Å². The van der Waals surface area contributed by atoms with Crippen molar-refractivity contribution in [1.82, 2.24) is 20.5 Å². The van der Waals surface area contributed by atoms with Crippen molar-refractivity contribution >= 4 is 51.8 Å². The molecule has 2 atom stereocenters. The Labute approximate surface area is 187 Å². The fourth-order valence-electron chi connectivity index (χ4n) is 3.08. The number of halogens is 2. The van der Waals surface area contributed by atoms with E-state index in [0.717, 1.165) is 22.0 Å². The van der Waals surface area contributed by atoms with Gasteiger partial charge >= 0.3 is 0 Å². The minimum atomic E-state index is -0.435. The van der Waals surface area contributed by atoms with Crippen LogP contribution in [0.15, 0.2) is 58.3 Å². The number of thioether (sulfide) groups is 1. The number of carbonyl (C=O) groups excluding carboxylic acids is 1. The third-order valence-corrected chi connectivity index (χ3v) is 6.16. The van der Waals surface area contributed by atoms with E-state index in [1.807, 2.05) is 37.4 Å². The molecule has 2 N–H and O–H groups in total. The molecule has 2 aromatic heterocycles. The quantitative estimate of drug-likeness (QED) is 0.350. The molecule has 2 heterocycles. The number of hydrogen-bond donors (Lipinski definition) is 2. The van der Waals surface area contributed by atoms with Crippen LogP contribution in [0.5, 0.6) is 0 Å². The maximum atomic E-state index is 12.6. The van der Waals surface area contributed by atoms with Gasteiger partial charge in [0.05, 0.1) is 16.9 Å². The molecule has 0 aliphatic rings. The molecule has 2 aromatic carbocycles. The number of H-pyrrole nitrogens is 1. The number of hydrogen-bond acceptors (Lipinski definition) is 5. The third kappa shape index (κ3) is 4.33. The van der Waals surface area contributed by atoms with Crippen molar-refractivity contribution in [2.24, 2.45) is 0 Å². The zero-order valence-corrected chi connectivity index (χ0v) is 18.5. The minimum Gasteiger partial charge on any atom is -0.411 e. The molecule has 154 valence electrons. The molecule has 0 fully saturated rings. The Bertz CT molecular complexity index is 1210. The van der Waals surface area contributed by atoms with Crippen molar-refractivity contribution in [3.8, 4) is 11.5 Å². The molecule has 9 heteroatoms. The largest absolute Gasteiger partial charge is 0.411 e. The van der Waals surface area contributed by atoms with Gasteiger partial charge in [-0.25, -0.2) is 0 Å². The van der Waals surface area contributed by atoms with Crippen molar-refractivity contribution in [3.05, 3.63) is 64.3 Å². The number of rotatable bonds is 6. The van der Waals surface area contributed by atoms with Crippen LogP contribution in [0.1, 0.15) is 25.5 Å². The van der Waals surface area contributed by atoms with Crippen molar-refractivity contribution in [2.75, 3.05) is 0 Å². The van der Waals surface area contributed by atoms with E-state index in [0.29, 0.717) is 21.2 Å². The molecular weight excluding hydrogens is 443 g/mol. The van der Waals surface area contributed by atoms with Gasteiger partial charge in [0, 0.05) is 27.1 Å². The molecule has 6 nitrogen and oxygen atoms in total. The van der Waals surface area contributed by atoms with Gasteiger partial charge in [0.1, 0.15) is 0 Å². The monoisotopic (exact) mass is 460 g/mol. The second kappa shape index (κ2) is 8.71. The van der Waals surface area contributed by atoms with Crippen molar-refractivity contribution < 1.29 is 9.21 Å². The molecule has 0 spiro atoms. The maximum absolute atomic E-state index is 12.6. The lowest BCUT2D eigenvalue weighted by Crippen LogP contribution is -2.33. The van der Waals surface area contributed by atoms with Crippen molar-refractivity contribution in [1.29, 1.82) is 0 Å². The van der Waals surface area contributed by atoms with E-state index in [2.05, 4.69) is 20.5 Å². The van der Waals surface area contributed by atoms with E-state index in [1.165, 1.54) is 11.8 Å². The number of benzene rings is 2. The molecule has 30 heavy (non-hydrogen) atoms. The summed E-state index contributed by atoms with van der Waals surface area (Å²) in [5.41, 5.74) is 2.61. The van der Waals surface area contributed by atoms with Crippen LogP contribution in [0.25, 0.3) is 22.4 Å². The summed E-state index contributed by atoms with van der Waals surface area (Å²) in [4.78, 5) is 15.8. The number of amides is 1. The lowest BCUT2D eigenvalue weighted by molar-refractivity contribution is -0.120. The number of fused-ring (bicyclic) bond motifs is 1. The molecule has 1 amide bonds. The maximum Gasteiger partial charge on any atom is 0.277 e. The van der Waals surface area contributed by atoms with Gasteiger partial charge in [-0.15, -0.1) is 10.2 Å². The highest BCUT2D eigenvalue weighted by atomic mass is 35.5. The summed E-state index contributed by atoms with van der Waals surface area (Å²) in [6.45, 7) is 3.65. The van der Waals surface area contributed by atoms with Crippen molar-refractivity contribution in [2.45, 2.75) is 30.4 Å². The number of nitrogens with zero attached hydrogens (tertiary/aromatic N) is 2. The van der Waals surface area contributed by atoms with E-state index in [1.54, 1.807) is 25.1 Å². The number of nitrogens with one attached hydrogen (secondary N) is 2. The fourth-order valence-corrected chi connectivity index (χ4v) is 4.35. The predicted molar refractivity (Wildman–Crippen MR) is 120 cm³/mol. The van der Waals surface area contributed by atoms with Gasteiger partial charge in [-0.05, 0) is 37.6 Å². The van der Waals surface area contributed by atoms with E-state index in [9.17, 15) is 4.79 Å². The lowest BCUT2D eigenvalue weighted by Gasteiger charge is -2.18. The molecule has 0 aliphatic carbocycles. The second-order valence-electron chi connectivity index (χ2n) is 6.78. The Morgan fingerprint density at radius 2 is 1.97 bits per heavy atom. The van der Waals surface area contributed by atoms with Crippen LogP contribution in [0.2, 0.25) is 10.0 Å². The average Bonchev–Trinajstić information content (AvgIpc) is 3.34. The number of carbonyl (C=O) groups is 1. The summed E-state index contributed by atoms with van der Waals surface area (Å²) in [5.74, 6) is 0.245. The molecule has 0 saturated heterocycles. The Kier molecular flexibility index (Phi) is 6.04. The Morgan fingerprint density at radius 3 is 2.77 bits per heavy atom. The van der Waals surface area contributed by atoms with Crippen LogP contribution in [0.4, 0.5) is 0 Å². The molecule has 4 aromatic rings. The molecule has 0 radical (unpaired) electrons. The summed E-state index contributed by atoms with van der Waals surface area (Å²) < 4.78 is 5.78. The van der Waals surface area contributed by atoms with Crippen LogP contribution >= 0.6 is 35.0 Å². The molecular formula is C21H18Cl2N4O2S. The van der Waals surface area contributed by atoms with E-state index >= 15 is 0 Å². The Morgan fingerprint density at radius 1 is 1.17 bits per heavy atom. The summed E-state index contributed by atoms with van der Waals surface area (Å²) in [6, 6.07) is 12.8. The molecule has 4 rings (SSSR count). The fraction of sp³-hybridized carbons (Fsp3) is 0.190. The summed E-state index contributed by atoms with van der Waals surface area (Å²) in [6.07, 6.45) is 1.83. The first-order chi connectivity index (χ1) is 14.4. The molecule has 0 saturated carbocycles. The number of para-hydroxylation sites is 1. The number of aromatic amines is 1. The summed E-state index contributed by atoms with van der Waals surface area (Å²) in [5, 5.41) is 13.1. The first kappa shape index (κ1) is 20.8. The highest BCUT2D eigenvalue weighted by molar-refractivity contribution is 8.00. The standard InChI is InChI=1S/C21H18Cl2N4O2S/c1-11(14-8-7-13(22)9-17(14)23)25-19(28)12(2)30-21-27-26-20(29-21)16-10-24-18-6-4-3-5-15(16)18/h3-12,24H,1-2H3,(H,25,28). The van der Waals surface area contributed by atoms with Gasteiger partial charge in [-0.1, -0.05) is 59.2 Å². The van der Waals surface area contributed by atoms with E-state index in [-0.39, 0.29) is 11.9 Å². The van der Waals surface area contributed by atoms with Crippen LogP contribution in [0, 0.1) is 0 Å². The number of aromatic nitrogens is 3. The van der Waals surface area contributed by atoms with Crippen molar-refractivity contribution in [3.63, 3.8) is 0 Å². The van der Waals surface area contributed by atoms with E-state index in [4.69, 9.17) is 27.6 Å². The smallest absolute Gasteiger partial charge is 0.277 e. The summed E-state index contributed by atoms with van der Waals surface area (Å²) in [7, 11) is 0. The highest BCUT2D eigenvalue weighted by Gasteiger charge is 2.22. The SMILES string of the molecule is CC(Sc1nnc(-c2c[nH]c3ccccc23)o1)C(=O)NC(C)c1ccc(Cl)cc1Cl. The van der Waals surface area contributed by atoms with Gasteiger partial charge in [-0.2, -0.15) is 0 Å². The van der Waals surface area contributed by atoms with Gasteiger partial charge in [0.2, 0.25) is 5.91 Å². The van der Waals surface area contributed by atoms with Crippen LogP contribution < -0.4 is 5.32 Å². The van der Waals surface area contributed by atoms with Gasteiger partial charge in [-0.3, -0.25) is 4.79 Å². The average molecular weight is 461 g/mol. The molecule has 0 aliphatic heterocycles. The summed E-state index contributed by atoms with van der Waals surface area (Å²) >= 11 is 13.4. The van der Waals surface area contributed by atoms with Gasteiger partial charge in [0.25, 0.3) is 11.1 Å². The van der Waals surface area contributed by atoms with Gasteiger partial charge in [0.15, 0.2) is 0 Å². The van der Waals surface area contributed by atoms with Gasteiger partial charge < -0.3 is 14.7 Å². The highest BCUT2D eigenvalue weighted by Crippen LogP contribution is 2.31. The molecule has 0 bridgehead atoms. The normalized spacial score (nSPS) is 13.3. The first-order valence-electron chi connectivity index (χ1n) is 9.24. The zero-order chi connectivity index (χ0) is 21.3. The Hall–Kier alpha value is -2.48. The topological polar surface area (TPSA) is 83.8 Å². The molecule has 2 unspecified atom stereocenters. The van der Waals surface area contributed by atoms with Crippen LogP contribution in [-0.4, -0.2) is 26.3 Å². The lowest BCUT2D eigenvalue weighted by atomic mass is 10.1. The second-order valence-corrected chi connectivity index (χ2v) is 8.91. The first-order valence-corrected chi connectivity index (χ1v) is 10.9. The zero-order valence-electron chi connectivity index (χ0n) is 16.1. The third-order valence-electron chi connectivity index (χ3n) is 4.66. The predicted octanol–water partition coefficient (Wildman–Crippen LogP) is 5.88.